The number of amides is 1. The summed E-state index contributed by atoms with van der Waals surface area (Å²) in [4.78, 5) is 24.3. The third kappa shape index (κ3) is 4.51. The molecule has 0 unspecified atom stereocenters. The van der Waals surface area contributed by atoms with Crippen molar-refractivity contribution in [2.24, 2.45) is 0 Å². The van der Waals surface area contributed by atoms with Crippen LogP contribution in [0.1, 0.15) is 17.3 Å². The highest BCUT2D eigenvalue weighted by Crippen LogP contribution is 2.22. The second-order valence-electron chi connectivity index (χ2n) is 4.58. The first-order valence-electron chi connectivity index (χ1n) is 6.41. The van der Waals surface area contributed by atoms with Crippen LogP contribution in [0.4, 0.5) is 11.4 Å². The maximum Gasteiger partial charge on any atom is 0.270 e. The third-order valence-electron chi connectivity index (χ3n) is 2.67. The molecule has 0 heterocycles. The highest BCUT2D eigenvalue weighted by atomic mass is 16.6. The summed E-state index contributed by atoms with van der Waals surface area (Å²) in [6, 6.07) is 4.24. The summed E-state index contributed by atoms with van der Waals surface area (Å²) in [5.74, 6) is -0.313. The van der Waals surface area contributed by atoms with Crippen molar-refractivity contribution in [2.75, 3.05) is 39.0 Å². The number of carbonyl (C=O) groups is 1. The first kappa shape index (κ1) is 15.9. The largest absolute Gasteiger partial charge is 0.385 e. The number of benzene rings is 1. The summed E-state index contributed by atoms with van der Waals surface area (Å²) < 4.78 is 0. The molecule has 7 nitrogen and oxygen atoms in total. The Morgan fingerprint density at radius 1 is 1.40 bits per heavy atom. The summed E-state index contributed by atoms with van der Waals surface area (Å²) in [7, 11) is 3.81. The fraction of sp³-hybridized carbons (Fsp3) is 0.462. The van der Waals surface area contributed by atoms with Crippen molar-refractivity contribution in [3.05, 3.63) is 33.9 Å². The minimum absolute atomic E-state index is 0.0931. The van der Waals surface area contributed by atoms with Crippen LogP contribution in [0.2, 0.25) is 0 Å². The lowest BCUT2D eigenvalue weighted by Crippen LogP contribution is -2.31. The van der Waals surface area contributed by atoms with E-state index in [2.05, 4.69) is 10.6 Å². The normalized spacial score (nSPS) is 10.4. The molecule has 2 N–H and O–H groups in total. The molecule has 0 aliphatic carbocycles. The molecular formula is C13H20N4O3. The van der Waals surface area contributed by atoms with Gasteiger partial charge in [0.2, 0.25) is 0 Å². The van der Waals surface area contributed by atoms with Gasteiger partial charge in [-0.05, 0) is 27.1 Å². The van der Waals surface area contributed by atoms with Crippen LogP contribution in [0.25, 0.3) is 0 Å². The van der Waals surface area contributed by atoms with Gasteiger partial charge in [-0.15, -0.1) is 0 Å². The maximum absolute atomic E-state index is 12.1. The molecule has 0 atom stereocenters. The lowest BCUT2D eigenvalue weighted by atomic mass is 10.1. The molecule has 0 aliphatic rings. The summed E-state index contributed by atoms with van der Waals surface area (Å²) in [5.41, 5.74) is 0.796. The van der Waals surface area contributed by atoms with Crippen LogP contribution in [-0.4, -0.2) is 49.5 Å². The van der Waals surface area contributed by atoms with Crippen molar-refractivity contribution >= 4 is 17.3 Å². The van der Waals surface area contributed by atoms with E-state index in [0.29, 0.717) is 30.9 Å². The van der Waals surface area contributed by atoms with Crippen LogP contribution in [0, 0.1) is 10.1 Å². The van der Waals surface area contributed by atoms with E-state index < -0.39 is 4.92 Å². The highest BCUT2D eigenvalue weighted by molar-refractivity contribution is 6.00. The Hall–Kier alpha value is -2.15. The van der Waals surface area contributed by atoms with E-state index in [1.54, 1.807) is 6.07 Å². The quantitative estimate of drug-likeness (QED) is 0.581. The molecule has 0 aromatic heterocycles. The van der Waals surface area contributed by atoms with Gasteiger partial charge in [-0.3, -0.25) is 14.9 Å². The van der Waals surface area contributed by atoms with E-state index in [9.17, 15) is 14.9 Å². The Labute approximate surface area is 118 Å². The molecule has 1 aromatic rings. The Balaban J connectivity index is 2.90. The number of nitrogens with zero attached hydrogens (tertiary/aromatic N) is 2. The van der Waals surface area contributed by atoms with Crippen molar-refractivity contribution in [1.82, 2.24) is 10.2 Å². The standard InChI is InChI=1S/C13H20N4O3/c1-4-14-12-6-5-10(17(19)20)9-11(12)13(18)15-7-8-16(2)3/h5-6,9,14H,4,7-8H2,1-3H3,(H,15,18). The number of rotatable bonds is 7. The molecule has 1 amide bonds. The Kier molecular flexibility index (Phi) is 5.92. The third-order valence-corrected chi connectivity index (χ3v) is 2.67. The van der Waals surface area contributed by atoms with Gasteiger partial charge in [-0.25, -0.2) is 0 Å². The second kappa shape index (κ2) is 7.44. The Bertz CT molecular complexity index is 489. The summed E-state index contributed by atoms with van der Waals surface area (Å²) >= 11 is 0. The van der Waals surface area contributed by atoms with E-state index in [-0.39, 0.29) is 11.6 Å². The van der Waals surface area contributed by atoms with E-state index in [4.69, 9.17) is 0 Å². The average Bonchev–Trinajstić information content (AvgIpc) is 2.38. The smallest absolute Gasteiger partial charge is 0.270 e. The molecule has 0 saturated heterocycles. The highest BCUT2D eigenvalue weighted by Gasteiger charge is 2.16. The average molecular weight is 280 g/mol. The van der Waals surface area contributed by atoms with Crippen molar-refractivity contribution in [1.29, 1.82) is 0 Å². The van der Waals surface area contributed by atoms with Gasteiger partial charge in [0, 0.05) is 37.5 Å². The number of nitro benzene ring substituents is 1. The van der Waals surface area contributed by atoms with Gasteiger partial charge in [0.1, 0.15) is 0 Å². The zero-order valence-electron chi connectivity index (χ0n) is 12.0. The van der Waals surface area contributed by atoms with Gasteiger partial charge < -0.3 is 15.5 Å². The predicted octanol–water partition coefficient (Wildman–Crippen LogP) is 1.32. The maximum atomic E-state index is 12.1. The summed E-state index contributed by atoms with van der Waals surface area (Å²) in [6.07, 6.45) is 0. The van der Waals surface area contributed by atoms with Gasteiger partial charge >= 0.3 is 0 Å². The van der Waals surface area contributed by atoms with Crippen LogP contribution >= 0.6 is 0 Å². The van der Waals surface area contributed by atoms with Crippen LogP contribution in [0.5, 0.6) is 0 Å². The summed E-state index contributed by atoms with van der Waals surface area (Å²) in [5, 5.41) is 16.6. The Morgan fingerprint density at radius 2 is 2.10 bits per heavy atom. The van der Waals surface area contributed by atoms with Crippen molar-refractivity contribution in [3.8, 4) is 0 Å². The van der Waals surface area contributed by atoms with Crippen LogP contribution in [-0.2, 0) is 0 Å². The molecule has 0 aliphatic heterocycles. The van der Waals surface area contributed by atoms with Crippen LogP contribution in [0.3, 0.4) is 0 Å². The molecule has 0 spiro atoms. The van der Waals surface area contributed by atoms with E-state index in [0.717, 1.165) is 0 Å². The molecule has 0 fully saturated rings. The second-order valence-corrected chi connectivity index (χ2v) is 4.58. The SMILES string of the molecule is CCNc1ccc([N+](=O)[O-])cc1C(=O)NCCN(C)C. The molecule has 7 heteroatoms. The first-order chi connectivity index (χ1) is 9.45. The molecule has 110 valence electrons. The zero-order valence-corrected chi connectivity index (χ0v) is 12.0. The van der Waals surface area contributed by atoms with Crippen molar-refractivity contribution in [3.63, 3.8) is 0 Å². The number of hydrogen-bond donors (Lipinski definition) is 2. The van der Waals surface area contributed by atoms with Crippen LogP contribution < -0.4 is 10.6 Å². The first-order valence-corrected chi connectivity index (χ1v) is 6.41. The number of non-ortho nitro benzene ring substituents is 1. The van der Waals surface area contributed by atoms with E-state index in [1.807, 2.05) is 25.9 Å². The molecular weight excluding hydrogens is 260 g/mol. The Morgan fingerprint density at radius 3 is 2.65 bits per heavy atom. The zero-order chi connectivity index (χ0) is 15.1. The number of carbonyl (C=O) groups excluding carboxylic acids is 1. The number of likely N-dealkylation sites (N-methyl/N-ethyl adjacent to an activating group) is 1. The van der Waals surface area contributed by atoms with Gasteiger partial charge in [0.15, 0.2) is 0 Å². The molecule has 0 bridgehead atoms. The number of anilines is 1. The molecule has 20 heavy (non-hydrogen) atoms. The van der Waals surface area contributed by atoms with Crippen molar-refractivity contribution in [2.45, 2.75) is 6.92 Å². The minimum Gasteiger partial charge on any atom is -0.385 e. The monoisotopic (exact) mass is 280 g/mol. The van der Waals surface area contributed by atoms with Crippen molar-refractivity contribution < 1.29 is 9.72 Å². The molecule has 0 saturated carbocycles. The van der Waals surface area contributed by atoms with E-state index >= 15 is 0 Å². The molecule has 1 aromatic carbocycles. The topological polar surface area (TPSA) is 87.5 Å². The minimum atomic E-state index is -0.508. The van der Waals surface area contributed by atoms with Gasteiger partial charge in [0.25, 0.3) is 11.6 Å². The van der Waals surface area contributed by atoms with Gasteiger partial charge in [0.05, 0.1) is 10.5 Å². The predicted molar refractivity (Wildman–Crippen MR) is 78.1 cm³/mol. The van der Waals surface area contributed by atoms with Crippen LogP contribution in [0.15, 0.2) is 18.2 Å². The number of nitro groups is 1. The molecule has 0 radical (unpaired) electrons. The lowest BCUT2D eigenvalue weighted by molar-refractivity contribution is -0.384. The van der Waals surface area contributed by atoms with Gasteiger partial charge in [-0.2, -0.15) is 0 Å². The van der Waals surface area contributed by atoms with E-state index in [1.165, 1.54) is 12.1 Å². The summed E-state index contributed by atoms with van der Waals surface area (Å²) in [6.45, 7) is 3.72. The van der Waals surface area contributed by atoms with Gasteiger partial charge in [-0.1, -0.05) is 0 Å². The molecule has 1 rings (SSSR count). The fourth-order valence-electron chi connectivity index (χ4n) is 1.67. The lowest BCUT2D eigenvalue weighted by Gasteiger charge is -2.13. The number of nitrogens with one attached hydrogen (secondary N) is 2. The number of hydrogen-bond acceptors (Lipinski definition) is 5. The fourth-order valence-corrected chi connectivity index (χ4v) is 1.67.